The molecule has 0 saturated heterocycles. The first-order chi connectivity index (χ1) is 9.78. The number of ether oxygens (including phenoxy) is 3. The molecule has 5 nitrogen and oxygen atoms in total. The maximum absolute atomic E-state index is 11.0. The molecule has 0 fully saturated rings. The van der Waals surface area contributed by atoms with E-state index in [1.54, 1.807) is 18.3 Å². The lowest BCUT2D eigenvalue weighted by Gasteiger charge is -2.12. The highest BCUT2D eigenvalue weighted by atomic mass is 16.5. The minimum Gasteiger partial charge on any atom is -0.496 e. The van der Waals surface area contributed by atoms with Gasteiger partial charge in [0.05, 0.1) is 25.5 Å². The second kappa shape index (κ2) is 6.56. The molecule has 0 saturated carbocycles. The molecule has 0 radical (unpaired) electrons. The van der Waals surface area contributed by atoms with Crippen molar-refractivity contribution in [1.29, 1.82) is 0 Å². The molecule has 0 N–H and O–H groups in total. The monoisotopic (exact) mass is 273 g/mol. The third kappa shape index (κ3) is 3.06. The highest BCUT2D eigenvalue weighted by Gasteiger charge is 2.12. The van der Waals surface area contributed by atoms with Crippen molar-refractivity contribution in [3.05, 3.63) is 47.8 Å². The number of carbonyl (C=O) groups is 1. The molecule has 0 spiro atoms. The lowest BCUT2D eigenvalue weighted by Crippen LogP contribution is -2.00. The van der Waals surface area contributed by atoms with Crippen LogP contribution in [-0.4, -0.2) is 25.5 Å². The van der Waals surface area contributed by atoms with Gasteiger partial charge in [-0.25, -0.2) is 0 Å². The molecular formula is C15H15NO4. The molecule has 0 aliphatic heterocycles. The van der Waals surface area contributed by atoms with Gasteiger partial charge >= 0.3 is 0 Å². The van der Waals surface area contributed by atoms with Crippen LogP contribution in [0.4, 0.5) is 0 Å². The summed E-state index contributed by atoms with van der Waals surface area (Å²) in [6.45, 7) is 0.327. The maximum Gasteiger partial charge on any atom is 0.157 e. The lowest BCUT2D eigenvalue weighted by atomic mass is 10.2. The SMILES string of the molecule is COc1cc(OCc2ccccn2)cc(OC)c1C=O. The number of benzene rings is 1. The van der Waals surface area contributed by atoms with Crippen LogP contribution in [-0.2, 0) is 6.61 Å². The number of hydrogen-bond acceptors (Lipinski definition) is 5. The number of aromatic nitrogens is 1. The van der Waals surface area contributed by atoms with E-state index in [1.807, 2.05) is 18.2 Å². The second-order valence-corrected chi connectivity index (χ2v) is 3.97. The molecule has 104 valence electrons. The molecule has 5 heteroatoms. The number of carbonyl (C=O) groups excluding carboxylic acids is 1. The number of hydrogen-bond donors (Lipinski definition) is 0. The molecule has 0 bridgehead atoms. The van der Waals surface area contributed by atoms with Crippen LogP contribution in [0.3, 0.4) is 0 Å². The fourth-order valence-electron chi connectivity index (χ4n) is 1.76. The maximum atomic E-state index is 11.0. The first-order valence-electron chi connectivity index (χ1n) is 6.02. The molecule has 0 atom stereocenters. The van der Waals surface area contributed by atoms with Gasteiger partial charge in [0.25, 0.3) is 0 Å². The summed E-state index contributed by atoms with van der Waals surface area (Å²) in [6, 6.07) is 8.90. The van der Waals surface area contributed by atoms with E-state index in [1.165, 1.54) is 14.2 Å². The molecule has 2 aromatic rings. The van der Waals surface area contributed by atoms with Crippen molar-refractivity contribution in [3.63, 3.8) is 0 Å². The summed E-state index contributed by atoms with van der Waals surface area (Å²) < 4.78 is 16.0. The van der Waals surface area contributed by atoms with E-state index >= 15 is 0 Å². The summed E-state index contributed by atoms with van der Waals surface area (Å²) in [7, 11) is 2.98. The number of aldehydes is 1. The zero-order chi connectivity index (χ0) is 14.4. The first kappa shape index (κ1) is 13.9. The van der Waals surface area contributed by atoms with Crippen molar-refractivity contribution in [1.82, 2.24) is 4.98 Å². The average Bonchev–Trinajstić information content (AvgIpc) is 2.52. The Morgan fingerprint density at radius 2 is 1.85 bits per heavy atom. The van der Waals surface area contributed by atoms with E-state index in [0.29, 0.717) is 35.7 Å². The zero-order valence-corrected chi connectivity index (χ0v) is 11.3. The Hall–Kier alpha value is -2.56. The van der Waals surface area contributed by atoms with E-state index in [9.17, 15) is 4.79 Å². The molecule has 2 rings (SSSR count). The fraction of sp³-hybridized carbons (Fsp3) is 0.200. The molecule has 0 aliphatic carbocycles. The quantitative estimate of drug-likeness (QED) is 0.757. The summed E-state index contributed by atoms with van der Waals surface area (Å²) in [5.41, 5.74) is 1.17. The summed E-state index contributed by atoms with van der Waals surface area (Å²) in [5.74, 6) is 1.38. The van der Waals surface area contributed by atoms with E-state index in [2.05, 4.69) is 4.98 Å². The van der Waals surface area contributed by atoms with Crippen LogP contribution in [0.15, 0.2) is 36.5 Å². The van der Waals surface area contributed by atoms with E-state index in [0.717, 1.165) is 5.69 Å². The molecule has 1 heterocycles. The summed E-state index contributed by atoms with van der Waals surface area (Å²) >= 11 is 0. The largest absolute Gasteiger partial charge is 0.496 e. The Balaban J connectivity index is 2.22. The van der Waals surface area contributed by atoms with Crippen LogP contribution in [0.5, 0.6) is 17.2 Å². The Bertz CT molecular complexity index is 559. The molecule has 1 aromatic heterocycles. The third-order valence-corrected chi connectivity index (χ3v) is 2.75. The van der Waals surface area contributed by atoms with Gasteiger partial charge in [-0.2, -0.15) is 0 Å². The third-order valence-electron chi connectivity index (χ3n) is 2.75. The van der Waals surface area contributed by atoms with Gasteiger partial charge in [0, 0.05) is 18.3 Å². The highest BCUT2D eigenvalue weighted by Crippen LogP contribution is 2.32. The van der Waals surface area contributed by atoms with Crippen molar-refractivity contribution in [3.8, 4) is 17.2 Å². The Morgan fingerprint density at radius 1 is 1.15 bits per heavy atom. The van der Waals surface area contributed by atoms with Crippen molar-refractivity contribution in [2.75, 3.05) is 14.2 Å². The van der Waals surface area contributed by atoms with Gasteiger partial charge in [0.1, 0.15) is 23.9 Å². The average molecular weight is 273 g/mol. The number of pyridine rings is 1. The second-order valence-electron chi connectivity index (χ2n) is 3.97. The Morgan fingerprint density at radius 3 is 2.35 bits per heavy atom. The van der Waals surface area contributed by atoms with Crippen LogP contribution >= 0.6 is 0 Å². The number of rotatable bonds is 6. The molecule has 1 aromatic carbocycles. The standard InChI is InChI=1S/C15H15NO4/c1-18-14-7-12(8-15(19-2)13(14)9-17)20-10-11-5-3-4-6-16-11/h3-9H,10H2,1-2H3. The number of nitrogens with zero attached hydrogens (tertiary/aromatic N) is 1. The Labute approximate surface area is 117 Å². The minimum absolute atomic E-state index is 0.327. The minimum atomic E-state index is 0.327. The molecular weight excluding hydrogens is 258 g/mol. The van der Waals surface area contributed by atoms with Gasteiger partial charge in [-0.05, 0) is 12.1 Å². The van der Waals surface area contributed by atoms with Gasteiger partial charge in [-0.1, -0.05) is 6.07 Å². The van der Waals surface area contributed by atoms with Crippen molar-refractivity contribution >= 4 is 6.29 Å². The van der Waals surface area contributed by atoms with Gasteiger partial charge in [0.15, 0.2) is 6.29 Å². The smallest absolute Gasteiger partial charge is 0.157 e. The predicted molar refractivity (Wildman–Crippen MR) is 73.5 cm³/mol. The molecule has 20 heavy (non-hydrogen) atoms. The van der Waals surface area contributed by atoms with Crippen molar-refractivity contribution < 1.29 is 19.0 Å². The van der Waals surface area contributed by atoms with Crippen LogP contribution in [0, 0.1) is 0 Å². The predicted octanol–water partition coefficient (Wildman–Crippen LogP) is 2.49. The molecule has 0 aliphatic rings. The normalized spacial score (nSPS) is 9.90. The van der Waals surface area contributed by atoms with Crippen LogP contribution in [0.1, 0.15) is 16.1 Å². The van der Waals surface area contributed by atoms with E-state index in [4.69, 9.17) is 14.2 Å². The molecule has 0 amide bonds. The van der Waals surface area contributed by atoms with Crippen molar-refractivity contribution in [2.24, 2.45) is 0 Å². The highest BCUT2D eigenvalue weighted by molar-refractivity contribution is 5.84. The summed E-state index contributed by atoms with van der Waals surface area (Å²) in [5, 5.41) is 0. The first-order valence-corrected chi connectivity index (χ1v) is 6.02. The Kier molecular flexibility index (Phi) is 4.55. The number of methoxy groups -OCH3 is 2. The van der Waals surface area contributed by atoms with Crippen LogP contribution < -0.4 is 14.2 Å². The van der Waals surface area contributed by atoms with Crippen LogP contribution in [0.25, 0.3) is 0 Å². The van der Waals surface area contributed by atoms with Crippen LogP contribution in [0.2, 0.25) is 0 Å². The summed E-state index contributed by atoms with van der Waals surface area (Å²) in [4.78, 5) is 15.2. The van der Waals surface area contributed by atoms with Gasteiger partial charge in [0.2, 0.25) is 0 Å². The zero-order valence-electron chi connectivity index (χ0n) is 11.3. The fourth-order valence-corrected chi connectivity index (χ4v) is 1.76. The lowest BCUT2D eigenvalue weighted by molar-refractivity contribution is 0.111. The summed E-state index contributed by atoms with van der Waals surface area (Å²) in [6.07, 6.45) is 2.40. The van der Waals surface area contributed by atoms with Gasteiger partial charge in [-0.15, -0.1) is 0 Å². The van der Waals surface area contributed by atoms with Crippen molar-refractivity contribution in [2.45, 2.75) is 6.61 Å². The topological polar surface area (TPSA) is 57.6 Å². The molecule has 0 unspecified atom stereocenters. The van der Waals surface area contributed by atoms with Gasteiger partial charge in [-0.3, -0.25) is 9.78 Å². The van der Waals surface area contributed by atoms with Gasteiger partial charge < -0.3 is 14.2 Å². The van der Waals surface area contributed by atoms with E-state index < -0.39 is 0 Å². The van der Waals surface area contributed by atoms with E-state index in [-0.39, 0.29) is 0 Å².